The van der Waals surface area contributed by atoms with Crippen molar-refractivity contribution in [3.8, 4) is 11.1 Å². The van der Waals surface area contributed by atoms with Gasteiger partial charge in [0, 0.05) is 29.7 Å². The summed E-state index contributed by atoms with van der Waals surface area (Å²) in [6.07, 6.45) is -3.72. The molecule has 1 atom stereocenters. The van der Waals surface area contributed by atoms with Crippen molar-refractivity contribution < 1.29 is 26.0 Å². The van der Waals surface area contributed by atoms with E-state index in [1.165, 1.54) is 12.1 Å². The molecular weight excluding hydrogens is 480 g/mol. The average molecular weight is 511 g/mol. The zero-order valence-corrected chi connectivity index (χ0v) is 21.0. The Bertz CT molecular complexity index is 1330. The molecule has 35 heavy (non-hydrogen) atoms. The van der Waals surface area contributed by atoms with Gasteiger partial charge in [0.2, 0.25) is 10.0 Å². The van der Waals surface area contributed by atoms with Gasteiger partial charge < -0.3 is 4.57 Å². The van der Waals surface area contributed by atoms with Crippen molar-refractivity contribution >= 4 is 20.9 Å². The average Bonchev–Trinajstić information content (AvgIpc) is 3.07. The molecule has 0 radical (unpaired) electrons. The number of benzene rings is 2. The molecule has 0 aliphatic heterocycles. The van der Waals surface area contributed by atoms with Gasteiger partial charge in [0.1, 0.15) is 6.17 Å². The minimum atomic E-state index is -4.49. The highest BCUT2D eigenvalue weighted by molar-refractivity contribution is 7.90. The minimum Gasteiger partial charge on any atom is -0.347 e. The van der Waals surface area contributed by atoms with E-state index < -0.39 is 39.2 Å². The van der Waals surface area contributed by atoms with Crippen LogP contribution in [0.4, 0.5) is 17.6 Å². The third-order valence-electron chi connectivity index (χ3n) is 6.38. The van der Waals surface area contributed by atoms with Crippen molar-refractivity contribution in [2.45, 2.75) is 70.7 Å². The summed E-state index contributed by atoms with van der Waals surface area (Å²) in [4.78, 5) is 0. The molecule has 1 saturated carbocycles. The second kappa shape index (κ2) is 8.92. The minimum absolute atomic E-state index is 0.00416. The highest BCUT2D eigenvalue weighted by Gasteiger charge is 2.40. The second-order valence-corrected chi connectivity index (χ2v) is 12.6. The maximum Gasteiger partial charge on any atom is 0.417 e. The van der Waals surface area contributed by atoms with E-state index in [-0.39, 0.29) is 23.8 Å². The molecule has 0 spiro atoms. The molecule has 2 aromatic carbocycles. The van der Waals surface area contributed by atoms with Gasteiger partial charge in [-0.25, -0.2) is 17.5 Å². The maximum atomic E-state index is 13.6. The number of nitrogens with one attached hydrogen (secondary N) is 1. The lowest BCUT2D eigenvalue weighted by atomic mass is 9.96. The van der Waals surface area contributed by atoms with Crippen molar-refractivity contribution in [2.24, 2.45) is 5.41 Å². The van der Waals surface area contributed by atoms with Gasteiger partial charge in [-0.1, -0.05) is 51.1 Å². The predicted molar refractivity (Wildman–Crippen MR) is 130 cm³/mol. The van der Waals surface area contributed by atoms with Crippen LogP contribution in [0.5, 0.6) is 0 Å². The quantitative estimate of drug-likeness (QED) is 0.369. The fraction of sp³-hybridized carbons (Fsp3) is 0.462. The van der Waals surface area contributed by atoms with E-state index in [4.69, 9.17) is 0 Å². The first-order valence-corrected chi connectivity index (χ1v) is 13.1. The van der Waals surface area contributed by atoms with Gasteiger partial charge in [-0.05, 0) is 54.0 Å². The third-order valence-corrected chi connectivity index (χ3v) is 8.33. The van der Waals surface area contributed by atoms with Crippen LogP contribution in [0.1, 0.15) is 57.7 Å². The van der Waals surface area contributed by atoms with Gasteiger partial charge in [0.05, 0.1) is 10.8 Å². The van der Waals surface area contributed by atoms with Crippen molar-refractivity contribution in [2.75, 3.05) is 0 Å². The standard InChI is InChI=1S/C26H30F4N2O2S/c1-16(31-35(33,34)19-12-18(27)13-19)22-14-32(15-25(2,3)4)24-11-17(9-10-21(22)24)20-7-5-6-8-23(20)26(28,29)30/h5-11,14,16,18-19,31H,12-13,15H2,1-4H3/t16-,18?,19?/m1/s1. The molecule has 3 aromatic rings. The monoisotopic (exact) mass is 510 g/mol. The number of fused-ring (bicyclic) bond motifs is 1. The number of hydrogen-bond donors (Lipinski definition) is 1. The summed E-state index contributed by atoms with van der Waals surface area (Å²) >= 11 is 0. The Morgan fingerprint density at radius 3 is 2.34 bits per heavy atom. The lowest BCUT2D eigenvalue weighted by molar-refractivity contribution is -0.137. The molecule has 1 heterocycles. The Hall–Kier alpha value is -2.39. The SMILES string of the molecule is C[C@@H](NS(=O)(=O)C1CC(F)C1)c1cn(CC(C)(C)C)c2cc(-c3ccccc3C(F)(F)F)ccc12. The van der Waals surface area contributed by atoms with Gasteiger partial charge in [-0.2, -0.15) is 13.2 Å². The van der Waals surface area contributed by atoms with Gasteiger partial charge >= 0.3 is 6.18 Å². The van der Waals surface area contributed by atoms with Crippen LogP contribution >= 0.6 is 0 Å². The number of halogens is 4. The maximum absolute atomic E-state index is 13.6. The van der Waals surface area contributed by atoms with E-state index >= 15 is 0 Å². The van der Waals surface area contributed by atoms with Gasteiger partial charge in [-0.15, -0.1) is 0 Å². The summed E-state index contributed by atoms with van der Waals surface area (Å²) < 4.78 is 84.2. The highest BCUT2D eigenvalue weighted by atomic mass is 32.2. The van der Waals surface area contributed by atoms with E-state index in [1.807, 2.05) is 10.8 Å². The van der Waals surface area contributed by atoms with E-state index in [9.17, 15) is 26.0 Å². The molecule has 0 amide bonds. The lowest BCUT2D eigenvalue weighted by Gasteiger charge is -2.30. The first-order valence-electron chi connectivity index (χ1n) is 11.6. The smallest absolute Gasteiger partial charge is 0.347 e. The molecule has 1 aliphatic carbocycles. The van der Waals surface area contributed by atoms with Gasteiger partial charge in [-0.3, -0.25) is 0 Å². The Balaban J connectivity index is 1.78. The largest absolute Gasteiger partial charge is 0.417 e. The fourth-order valence-electron chi connectivity index (χ4n) is 4.62. The zero-order chi connectivity index (χ0) is 25.8. The van der Waals surface area contributed by atoms with Gasteiger partial charge in [0.25, 0.3) is 0 Å². The van der Waals surface area contributed by atoms with E-state index in [0.717, 1.165) is 22.5 Å². The highest BCUT2D eigenvalue weighted by Crippen LogP contribution is 2.39. The van der Waals surface area contributed by atoms with Crippen molar-refractivity contribution in [1.29, 1.82) is 0 Å². The van der Waals surface area contributed by atoms with Crippen molar-refractivity contribution in [3.05, 3.63) is 59.8 Å². The van der Waals surface area contributed by atoms with Crippen molar-refractivity contribution in [3.63, 3.8) is 0 Å². The molecule has 4 rings (SSSR count). The fourth-order valence-corrected chi connectivity index (χ4v) is 6.35. The molecule has 0 saturated heterocycles. The number of sulfonamides is 1. The number of hydrogen-bond acceptors (Lipinski definition) is 2. The molecule has 0 unspecified atom stereocenters. The van der Waals surface area contributed by atoms with Crippen LogP contribution in [0, 0.1) is 5.41 Å². The molecule has 1 aliphatic rings. The first kappa shape index (κ1) is 25.7. The van der Waals surface area contributed by atoms with Crippen LogP contribution in [0.25, 0.3) is 22.0 Å². The van der Waals surface area contributed by atoms with Crippen molar-refractivity contribution in [1.82, 2.24) is 9.29 Å². The predicted octanol–water partition coefficient (Wildman–Crippen LogP) is 6.85. The number of rotatable bonds is 6. The Labute approximate surface area is 203 Å². The van der Waals surface area contributed by atoms with Crippen LogP contribution in [0.3, 0.4) is 0 Å². The first-order chi connectivity index (χ1) is 16.2. The summed E-state index contributed by atoms with van der Waals surface area (Å²) in [5.41, 5.74) is 1.13. The third kappa shape index (κ3) is 5.40. The molecule has 1 N–H and O–H groups in total. The lowest BCUT2D eigenvalue weighted by Crippen LogP contribution is -2.44. The summed E-state index contributed by atoms with van der Waals surface area (Å²) in [5.74, 6) is 0. The van der Waals surface area contributed by atoms with Gasteiger partial charge in [0.15, 0.2) is 0 Å². The van der Waals surface area contributed by atoms with Crippen LogP contribution in [-0.4, -0.2) is 24.4 Å². The number of alkyl halides is 4. The topological polar surface area (TPSA) is 51.1 Å². The number of nitrogens with zero attached hydrogens (tertiary/aromatic N) is 1. The summed E-state index contributed by atoms with van der Waals surface area (Å²) in [6, 6.07) is 10.00. The summed E-state index contributed by atoms with van der Waals surface area (Å²) in [5, 5.41) is 0.0167. The molecule has 1 aromatic heterocycles. The Morgan fingerprint density at radius 2 is 1.74 bits per heavy atom. The number of aromatic nitrogens is 1. The van der Waals surface area contributed by atoms with Crippen LogP contribution in [0.15, 0.2) is 48.7 Å². The summed E-state index contributed by atoms with van der Waals surface area (Å²) in [7, 11) is -3.70. The van der Waals surface area contributed by atoms with E-state index in [0.29, 0.717) is 12.1 Å². The molecule has 4 nitrogen and oxygen atoms in total. The molecule has 0 bridgehead atoms. The van der Waals surface area contributed by atoms with Crippen LogP contribution in [-0.2, 0) is 22.7 Å². The molecule has 1 fully saturated rings. The Kier molecular flexibility index (Phi) is 6.55. The van der Waals surface area contributed by atoms with Crippen LogP contribution < -0.4 is 4.72 Å². The summed E-state index contributed by atoms with van der Waals surface area (Å²) in [6.45, 7) is 8.47. The normalized spacial score (nSPS) is 20.1. The molecule has 190 valence electrons. The zero-order valence-electron chi connectivity index (χ0n) is 20.2. The Morgan fingerprint density at radius 1 is 1.09 bits per heavy atom. The van der Waals surface area contributed by atoms with E-state index in [2.05, 4.69) is 25.5 Å². The van der Waals surface area contributed by atoms with Crippen LogP contribution in [0.2, 0.25) is 0 Å². The van der Waals surface area contributed by atoms with E-state index in [1.54, 1.807) is 31.2 Å². The molecular formula is C26H30F4N2O2S. The molecule has 9 heteroatoms. The second-order valence-electron chi connectivity index (χ2n) is 10.6.